The van der Waals surface area contributed by atoms with Crippen LogP contribution in [0.5, 0.6) is 0 Å². The summed E-state index contributed by atoms with van der Waals surface area (Å²) in [4.78, 5) is 21.2. The third-order valence-electron chi connectivity index (χ3n) is 10.1. The van der Waals surface area contributed by atoms with Crippen LogP contribution in [0.4, 0.5) is 0 Å². The van der Waals surface area contributed by atoms with Crippen LogP contribution in [-0.4, -0.2) is 33.6 Å². The smallest absolute Gasteiger partial charge is 0.238 e. The van der Waals surface area contributed by atoms with Crippen molar-refractivity contribution in [3.63, 3.8) is 0 Å². The van der Waals surface area contributed by atoms with Crippen LogP contribution in [0.15, 0.2) is 176 Å². The van der Waals surface area contributed by atoms with Gasteiger partial charge < -0.3 is 4.57 Å². The Balaban J connectivity index is 1.25. The van der Waals surface area contributed by atoms with E-state index in [9.17, 15) is 0 Å². The number of nitrogens with zero attached hydrogens (tertiary/aromatic N) is 7. The number of rotatable bonds is 5. The SMILES string of the molecule is c1ccc(-n2c(-c3nc(-c4ccccc4-n4c5ccccc5c5ccccc54)nc(-n4c5ccccc5c5ccccc54)n3)nc3ccccc32)cc1. The van der Waals surface area contributed by atoms with Gasteiger partial charge in [0.1, 0.15) is 0 Å². The van der Waals surface area contributed by atoms with Crippen LogP contribution < -0.4 is 0 Å². The molecule has 0 aliphatic heterocycles. The van der Waals surface area contributed by atoms with Crippen molar-refractivity contribution in [3.8, 4) is 40.4 Å². The van der Waals surface area contributed by atoms with Crippen molar-refractivity contribution < 1.29 is 0 Å². The molecule has 7 heteroatoms. The molecule has 11 aromatic rings. The molecule has 0 aliphatic rings. The van der Waals surface area contributed by atoms with Crippen LogP contribution in [0.3, 0.4) is 0 Å². The fourth-order valence-electron chi connectivity index (χ4n) is 7.88. The highest BCUT2D eigenvalue weighted by Crippen LogP contribution is 2.37. The average molecular weight is 680 g/mol. The fraction of sp³-hybridized carbons (Fsp3) is 0. The van der Waals surface area contributed by atoms with E-state index in [1.165, 1.54) is 10.8 Å². The van der Waals surface area contributed by atoms with Crippen LogP contribution >= 0.6 is 0 Å². The van der Waals surface area contributed by atoms with E-state index in [0.29, 0.717) is 23.4 Å². The first-order valence-electron chi connectivity index (χ1n) is 17.7. The van der Waals surface area contributed by atoms with Gasteiger partial charge in [0.25, 0.3) is 0 Å². The Morgan fingerprint density at radius 1 is 0.321 bits per heavy atom. The lowest BCUT2D eigenvalue weighted by molar-refractivity contribution is 0.933. The van der Waals surface area contributed by atoms with Gasteiger partial charge in [-0.05, 0) is 60.7 Å². The van der Waals surface area contributed by atoms with E-state index in [4.69, 9.17) is 19.9 Å². The number of imidazole rings is 1. The van der Waals surface area contributed by atoms with Gasteiger partial charge in [-0.15, -0.1) is 0 Å². The molecular weight excluding hydrogens is 651 g/mol. The predicted molar refractivity (Wildman–Crippen MR) is 214 cm³/mol. The highest BCUT2D eigenvalue weighted by molar-refractivity contribution is 6.10. The summed E-state index contributed by atoms with van der Waals surface area (Å²) >= 11 is 0. The number of aromatic nitrogens is 7. The highest BCUT2D eigenvalue weighted by atomic mass is 15.2. The Morgan fingerprint density at radius 2 is 0.792 bits per heavy atom. The molecule has 0 atom stereocenters. The second-order valence-electron chi connectivity index (χ2n) is 13.1. The lowest BCUT2D eigenvalue weighted by Crippen LogP contribution is -2.09. The lowest BCUT2D eigenvalue weighted by Gasteiger charge is -2.15. The molecule has 0 aliphatic carbocycles. The monoisotopic (exact) mass is 679 g/mol. The van der Waals surface area contributed by atoms with Gasteiger partial charge in [-0.1, -0.05) is 115 Å². The zero-order valence-corrected chi connectivity index (χ0v) is 28.4. The third kappa shape index (κ3) is 4.47. The number of para-hydroxylation sites is 8. The molecule has 4 heterocycles. The molecule has 0 spiro atoms. The molecule has 0 amide bonds. The number of benzene rings is 7. The van der Waals surface area contributed by atoms with E-state index < -0.39 is 0 Å². The average Bonchev–Trinajstić information content (AvgIpc) is 3.89. The van der Waals surface area contributed by atoms with Crippen molar-refractivity contribution in [1.29, 1.82) is 0 Å². The molecule has 248 valence electrons. The molecule has 0 saturated heterocycles. The minimum Gasteiger partial charge on any atom is -0.309 e. The van der Waals surface area contributed by atoms with E-state index in [-0.39, 0.29) is 0 Å². The number of hydrogen-bond donors (Lipinski definition) is 0. The second kappa shape index (κ2) is 11.6. The van der Waals surface area contributed by atoms with E-state index >= 15 is 0 Å². The van der Waals surface area contributed by atoms with Gasteiger partial charge in [-0.3, -0.25) is 9.13 Å². The van der Waals surface area contributed by atoms with Crippen molar-refractivity contribution in [1.82, 2.24) is 33.6 Å². The fourth-order valence-corrected chi connectivity index (χ4v) is 7.88. The minimum atomic E-state index is 0.476. The molecular formula is C46H29N7. The first-order valence-corrected chi connectivity index (χ1v) is 17.7. The summed E-state index contributed by atoms with van der Waals surface area (Å²) in [6.45, 7) is 0. The summed E-state index contributed by atoms with van der Waals surface area (Å²) < 4.78 is 6.61. The van der Waals surface area contributed by atoms with Crippen molar-refractivity contribution in [2.24, 2.45) is 0 Å². The van der Waals surface area contributed by atoms with Gasteiger partial charge in [0.2, 0.25) is 11.8 Å². The minimum absolute atomic E-state index is 0.476. The van der Waals surface area contributed by atoms with Crippen LogP contribution in [0, 0.1) is 0 Å². The topological polar surface area (TPSA) is 66.3 Å². The molecule has 0 radical (unpaired) electrons. The van der Waals surface area contributed by atoms with Crippen LogP contribution in [0.25, 0.3) is 95.0 Å². The van der Waals surface area contributed by atoms with Crippen LogP contribution in [0.2, 0.25) is 0 Å². The maximum Gasteiger partial charge on any atom is 0.238 e. The van der Waals surface area contributed by atoms with Crippen molar-refractivity contribution in [2.75, 3.05) is 0 Å². The van der Waals surface area contributed by atoms with Gasteiger partial charge in [-0.2, -0.15) is 9.97 Å². The van der Waals surface area contributed by atoms with Crippen LogP contribution in [0.1, 0.15) is 0 Å². The van der Waals surface area contributed by atoms with Gasteiger partial charge in [-0.25, -0.2) is 9.97 Å². The normalized spacial score (nSPS) is 11.8. The van der Waals surface area contributed by atoms with Gasteiger partial charge in [0, 0.05) is 32.8 Å². The first-order chi connectivity index (χ1) is 26.3. The predicted octanol–water partition coefficient (Wildman–Crippen LogP) is 10.7. The summed E-state index contributed by atoms with van der Waals surface area (Å²) in [5.74, 6) is 2.18. The maximum absolute atomic E-state index is 5.35. The molecule has 4 aromatic heterocycles. The van der Waals surface area contributed by atoms with Gasteiger partial charge >= 0.3 is 0 Å². The van der Waals surface area contributed by atoms with Crippen molar-refractivity contribution in [2.45, 2.75) is 0 Å². The number of fused-ring (bicyclic) bond motifs is 7. The molecule has 0 bridgehead atoms. The van der Waals surface area contributed by atoms with E-state index in [0.717, 1.165) is 60.8 Å². The van der Waals surface area contributed by atoms with Gasteiger partial charge in [0.05, 0.1) is 38.8 Å². The Bertz CT molecular complexity index is 3080. The van der Waals surface area contributed by atoms with E-state index in [1.54, 1.807) is 0 Å². The first kappa shape index (κ1) is 29.4. The molecule has 0 unspecified atom stereocenters. The summed E-state index contributed by atoms with van der Waals surface area (Å²) in [7, 11) is 0. The summed E-state index contributed by atoms with van der Waals surface area (Å²) in [6.07, 6.45) is 0. The van der Waals surface area contributed by atoms with Gasteiger partial charge in [0.15, 0.2) is 11.6 Å². The lowest BCUT2D eigenvalue weighted by atomic mass is 10.1. The van der Waals surface area contributed by atoms with Crippen LogP contribution in [-0.2, 0) is 0 Å². The molecule has 7 nitrogen and oxygen atoms in total. The summed E-state index contributed by atoms with van der Waals surface area (Å²) in [5, 5.41) is 4.65. The van der Waals surface area contributed by atoms with E-state index in [2.05, 4.69) is 153 Å². The molecule has 7 aromatic carbocycles. The van der Waals surface area contributed by atoms with Crippen molar-refractivity contribution >= 4 is 54.6 Å². The summed E-state index contributed by atoms with van der Waals surface area (Å²) in [5.41, 5.74) is 8.93. The summed E-state index contributed by atoms with van der Waals surface area (Å²) in [6, 6.07) is 60.8. The highest BCUT2D eigenvalue weighted by Gasteiger charge is 2.24. The Kier molecular flexibility index (Phi) is 6.42. The second-order valence-corrected chi connectivity index (χ2v) is 13.1. The molecule has 53 heavy (non-hydrogen) atoms. The maximum atomic E-state index is 5.35. The number of hydrogen-bond acceptors (Lipinski definition) is 4. The largest absolute Gasteiger partial charge is 0.309 e. The molecule has 0 saturated carbocycles. The Hall–Kier alpha value is -7.38. The molecule has 11 rings (SSSR count). The Morgan fingerprint density at radius 3 is 1.42 bits per heavy atom. The molecule has 0 N–H and O–H groups in total. The standard InChI is InChI=1S/C46H29N7/c1-2-16-30(17-3-1)51-42-29-15-9-23-36(42)47-45(51)44-48-43(49-46(50-44)53-39-26-12-6-20-33(39)34-21-7-13-27-40(34)53)35-22-8-14-28-41(35)52-37-24-10-4-18-31(37)32-19-5-11-25-38(32)52/h1-29H. The zero-order valence-electron chi connectivity index (χ0n) is 28.4. The van der Waals surface area contributed by atoms with E-state index in [1.807, 2.05) is 36.4 Å². The third-order valence-corrected chi connectivity index (χ3v) is 10.1. The quantitative estimate of drug-likeness (QED) is 0.182. The Labute approximate surface area is 303 Å². The zero-order chi connectivity index (χ0) is 34.9. The van der Waals surface area contributed by atoms with Crippen molar-refractivity contribution in [3.05, 3.63) is 176 Å². The molecule has 0 fully saturated rings.